The third-order valence-electron chi connectivity index (χ3n) is 2.63. The third kappa shape index (κ3) is 4.09. The summed E-state index contributed by atoms with van der Waals surface area (Å²) >= 11 is 13.8. The van der Waals surface area contributed by atoms with Crippen molar-refractivity contribution in [1.29, 1.82) is 0 Å². The first-order chi connectivity index (χ1) is 9.45. The number of aryl methyl sites for hydroxylation is 1. The van der Waals surface area contributed by atoms with Crippen molar-refractivity contribution < 1.29 is 4.74 Å². The first-order valence-electron chi connectivity index (χ1n) is 6.23. The fourth-order valence-corrected chi connectivity index (χ4v) is 3.15. The molecule has 0 amide bonds. The minimum absolute atomic E-state index is 0.00832. The van der Waals surface area contributed by atoms with Crippen molar-refractivity contribution >= 4 is 34.5 Å². The monoisotopic (exact) mass is 330 g/mol. The number of rotatable bonds is 5. The molecule has 20 heavy (non-hydrogen) atoms. The number of hydrogen-bond donors (Lipinski definition) is 1. The van der Waals surface area contributed by atoms with Crippen LogP contribution in [0.2, 0.25) is 10.0 Å². The molecule has 0 aliphatic rings. The van der Waals surface area contributed by atoms with Crippen LogP contribution in [-0.2, 0) is 13.0 Å². The number of ether oxygens (including phenoxy) is 1. The smallest absolute Gasteiger partial charge is 0.141 e. The molecule has 1 aromatic carbocycles. The molecule has 2 N–H and O–H groups in total. The molecule has 0 saturated carbocycles. The van der Waals surface area contributed by atoms with E-state index in [1.54, 1.807) is 17.4 Å². The quantitative estimate of drug-likeness (QED) is 0.892. The number of thiazole rings is 1. The van der Waals surface area contributed by atoms with Gasteiger partial charge in [-0.25, -0.2) is 4.98 Å². The summed E-state index contributed by atoms with van der Waals surface area (Å²) in [7, 11) is 0. The van der Waals surface area contributed by atoms with Crippen molar-refractivity contribution in [3.63, 3.8) is 0 Å². The maximum Gasteiger partial charge on any atom is 0.141 e. The highest BCUT2D eigenvalue weighted by Gasteiger charge is 2.13. The molecule has 1 unspecified atom stereocenters. The highest BCUT2D eigenvalue weighted by Crippen LogP contribution is 2.33. The summed E-state index contributed by atoms with van der Waals surface area (Å²) in [6.07, 6.45) is 0.659. The summed E-state index contributed by atoms with van der Waals surface area (Å²) in [6.45, 7) is 4.28. The topological polar surface area (TPSA) is 48.1 Å². The number of halogens is 2. The summed E-state index contributed by atoms with van der Waals surface area (Å²) in [6, 6.07) is 3.53. The number of aromatic nitrogens is 1. The largest absolute Gasteiger partial charge is 0.485 e. The van der Waals surface area contributed by atoms with E-state index in [1.807, 2.05) is 25.3 Å². The molecule has 0 spiro atoms. The molecule has 1 atom stereocenters. The van der Waals surface area contributed by atoms with E-state index >= 15 is 0 Å². The molecule has 1 aromatic heterocycles. The SMILES string of the molecule is Cc1csc(COc2c(Cl)cc(Cl)cc2CC(C)N)n1. The molecule has 6 heteroatoms. The van der Waals surface area contributed by atoms with Gasteiger partial charge in [-0.3, -0.25) is 0 Å². The zero-order valence-electron chi connectivity index (χ0n) is 11.3. The Kier molecular flexibility index (Phi) is 5.27. The molecule has 0 fully saturated rings. The van der Waals surface area contributed by atoms with E-state index in [1.165, 1.54) is 0 Å². The van der Waals surface area contributed by atoms with Crippen LogP contribution in [-0.4, -0.2) is 11.0 Å². The van der Waals surface area contributed by atoms with Crippen LogP contribution in [0.15, 0.2) is 17.5 Å². The number of nitrogens with zero attached hydrogens (tertiary/aromatic N) is 1. The van der Waals surface area contributed by atoms with Crippen LogP contribution in [0.25, 0.3) is 0 Å². The predicted molar refractivity (Wildman–Crippen MR) is 85.0 cm³/mol. The van der Waals surface area contributed by atoms with Crippen molar-refractivity contribution in [2.45, 2.75) is 32.9 Å². The molecule has 0 aliphatic carbocycles. The van der Waals surface area contributed by atoms with Gasteiger partial charge in [0.2, 0.25) is 0 Å². The first kappa shape index (κ1) is 15.6. The normalized spacial score (nSPS) is 12.4. The molecule has 2 rings (SSSR count). The summed E-state index contributed by atoms with van der Waals surface area (Å²) in [4.78, 5) is 4.36. The van der Waals surface area contributed by atoms with E-state index in [0.717, 1.165) is 16.3 Å². The van der Waals surface area contributed by atoms with Crippen LogP contribution in [0.1, 0.15) is 23.2 Å². The fraction of sp³-hybridized carbons (Fsp3) is 0.357. The van der Waals surface area contributed by atoms with E-state index in [2.05, 4.69) is 4.98 Å². The van der Waals surface area contributed by atoms with Crippen molar-refractivity contribution in [3.8, 4) is 5.75 Å². The van der Waals surface area contributed by atoms with Gasteiger partial charge in [0.1, 0.15) is 17.4 Å². The number of nitrogens with two attached hydrogens (primary N) is 1. The van der Waals surface area contributed by atoms with Gasteiger partial charge in [0, 0.05) is 22.1 Å². The van der Waals surface area contributed by atoms with E-state index in [0.29, 0.717) is 28.8 Å². The molecular formula is C14H16Cl2N2OS. The van der Waals surface area contributed by atoms with E-state index in [9.17, 15) is 0 Å². The Labute approximate surface area is 132 Å². The Morgan fingerprint density at radius 3 is 2.75 bits per heavy atom. The first-order valence-corrected chi connectivity index (χ1v) is 7.86. The summed E-state index contributed by atoms with van der Waals surface area (Å²) in [5.41, 5.74) is 7.77. The lowest BCUT2D eigenvalue weighted by Crippen LogP contribution is -2.18. The molecular weight excluding hydrogens is 315 g/mol. The Morgan fingerprint density at radius 1 is 1.40 bits per heavy atom. The summed E-state index contributed by atoms with van der Waals surface area (Å²) < 4.78 is 5.82. The van der Waals surface area contributed by atoms with Gasteiger partial charge in [0.05, 0.1) is 5.02 Å². The van der Waals surface area contributed by atoms with Crippen molar-refractivity contribution in [2.24, 2.45) is 5.73 Å². The van der Waals surface area contributed by atoms with Crippen LogP contribution in [0, 0.1) is 6.92 Å². The predicted octanol–water partition coefficient (Wildman–Crippen LogP) is 4.23. The second-order valence-electron chi connectivity index (χ2n) is 4.73. The minimum atomic E-state index is 0.00832. The van der Waals surface area contributed by atoms with Gasteiger partial charge < -0.3 is 10.5 Å². The molecule has 0 bridgehead atoms. The average Bonchev–Trinajstić information content (AvgIpc) is 2.73. The zero-order chi connectivity index (χ0) is 14.7. The van der Waals surface area contributed by atoms with Gasteiger partial charge in [-0.2, -0.15) is 0 Å². The Hall–Kier alpha value is -0.810. The Morgan fingerprint density at radius 2 is 2.15 bits per heavy atom. The van der Waals surface area contributed by atoms with Gasteiger partial charge in [-0.05, 0) is 38.0 Å². The second-order valence-corrected chi connectivity index (χ2v) is 6.51. The number of benzene rings is 1. The Balaban J connectivity index is 2.20. The van der Waals surface area contributed by atoms with Crippen molar-refractivity contribution in [3.05, 3.63) is 43.8 Å². The molecule has 3 nitrogen and oxygen atoms in total. The standard InChI is InChI=1S/C14H16Cl2N2OS/c1-8(17)3-10-4-11(15)5-12(16)14(10)19-6-13-18-9(2)7-20-13/h4-5,7-8H,3,6,17H2,1-2H3. The zero-order valence-corrected chi connectivity index (χ0v) is 13.6. The lowest BCUT2D eigenvalue weighted by Gasteiger charge is -2.14. The van der Waals surface area contributed by atoms with Gasteiger partial charge >= 0.3 is 0 Å². The highest BCUT2D eigenvalue weighted by atomic mass is 35.5. The molecule has 1 heterocycles. The van der Waals surface area contributed by atoms with Crippen LogP contribution < -0.4 is 10.5 Å². The van der Waals surface area contributed by atoms with Gasteiger partial charge in [0.15, 0.2) is 0 Å². The van der Waals surface area contributed by atoms with E-state index < -0.39 is 0 Å². The highest BCUT2D eigenvalue weighted by molar-refractivity contribution is 7.09. The molecule has 2 aromatic rings. The van der Waals surface area contributed by atoms with Gasteiger partial charge in [-0.1, -0.05) is 23.2 Å². The molecule has 0 saturated heterocycles. The van der Waals surface area contributed by atoms with Crippen LogP contribution >= 0.6 is 34.5 Å². The summed E-state index contributed by atoms with van der Waals surface area (Å²) in [5, 5.41) is 4.00. The van der Waals surface area contributed by atoms with Gasteiger partial charge in [-0.15, -0.1) is 11.3 Å². The van der Waals surface area contributed by atoms with Gasteiger partial charge in [0.25, 0.3) is 0 Å². The maximum atomic E-state index is 6.22. The Bertz CT molecular complexity index is 599. The van der Waals surface area contributed by atoms with E-state index in [-0.39, 0.29) is 6.04 Å². The fourth-order valence-electron chi connectivity index (χ4n) is 1.88. The van der Waals surface area contributed by atoms with Crippen LogP contribution in [0.5, 0.6) is 5.75 Å². The maximum absolute atomic E-state index is 6.22. The third-order valence-corrected chi connectivity index (χ3v) is 4.07. The minimum Gasteiger partial charge on any atom is -0.485 e. The lowest BCUT2D eigenvalue weighted by atomic mass is 10.1. The molecule has 0 radical (unpaired) electrons. The van der Waals surface area contributed by atoms with Crippen LogP contribution in [0.3, 0.4) is 0 Å². The second kappa shape index (κ2) is 6.76. The summed E-state index contributed by atoms with van der Waals surface area (Å²) in [5.74, 6) is 0.640. The average molecular weight is 331 g/mol. The van der Waals surface area contributed by atoms with Crippen molar-refractivity contribution in [2.75, 3.05) is 0 Å². The van der Waals surface area contributed by atoms with E-state index in [4.69, 9.17) is 33.7 Å². The van der Waals surface area contributed by atoms with Crippen LogP contribution in [0.4, 0.5) is 0 Å². The molecule has 0 aliphatic heterocycles. The molecule has 108 valence electrons. The lowest BCUT2D eigenvalue weighted by molar-refractivity contribution is 0.302. The van der Waals surface area contributed by atoms with Crippen molar-refractivity contribution in [1.82, 2.24) is 4.98 Å². The number of hydrogen-bond acceptors (Lipinski definition) is 4.